The number of amides is 2. The number of anilines is 2. The van der Waals surface area contributed by atoms with Crippen molar-refractivity contribution >= 4 is 45.1 Å². The third kappa shape index (κ3) is 4.56. The maximum Gasteiger partial charge on any atom is 0.262 e. The second-order valence-electron chi connectivity index (χ2n) is 7.91. The molecule has 0 bridgehead atoms. The molecule has 1 heterocycles. The standard InChI is InChI=1S/C28H21FN2O5/c1-34-26-14-19-17-8-2-7-13-24(17)36-25(19)15-22(26)31-28(33)18-9-3-6-12-23(18)35-16-27(32)30-21-11-5-4-10-20(21)29/h2-15H,16H2,1H3,(H,30,32)(H,31,33). The quantitative estimate of drug-likeness (QED) is 0.296. The fraction of sp³-hybridized carbons (Fsp3) is 0.0714. The topological polar surface area (TPSA) is 89.8 Å². The number of nitrogens with one attached hydrogen (secondary N) is 2. The predicted octanol–water partition coefficient (Wildman–Crippen LogP) is 6.00. The molecule has 7 nitrogen and oxygen atoms in total. The van der Waals surface area contributed by atoms with Crippen molar-refractivity contribution in [2.24, 2.45) is 0 Å². The van der Waals surface area contributed by atoms with Crippen LogP contribution in [0.3, 0.4) is 0 Å². The van der Waals surface area contributed by atoms with E-state index in [1.807, 2.05) is 30.3 Å². The van der Waals surface area contributed by atoms with Gasteiger partial charge in [0.1, 0.15) is 28.5 Å². The van der Waals surface area contributed by atoms with Crippen LogP contribution in [-0.2, 0) is 4.79 Å². The van der Waals surface area contributed by atoms with Crippen LogP contribution in [0.15, 0.2) is 89.3 Å². The van der Waals surface area contributed by atoms with Gasteiger partial charge in [0.15, 0.2) is 6.61 Å². The number of furan rings is 1. The molecular weight excluding hydrogens is 463 g/mol. The first-order valence-corrected chi connectivity index (χ1v) is 11.1. The first-order valence-electron chi connectivity index (χ1n) is 11.1. The van der Waals surface area contributed by atoms with Crippen LogP contribution in [0.2, 0.25) is 0 Å². The maximum absolute atomic E-state index is 13.8. The van der Waals surface area contributed by atoms with Gasteiger partial charge in [0.25, 0.3) is 11.8 Å². The molecule has 0 aliphatic heterocycles. The average molecular weight is 484 g/mol. The number of ether oxygens (including phenoxy) is 2. The van der Waals surface area contributed by atoms with Crippen LogP contribution in [0.25, 0.3) is 21.9 Å². The number of carbonyl (C=O) groups is 2. The summed E-state index contributed by atoms with van der Waals surface area (Å²) in [6.45, 7) is -0.410. The molecule has 0 atom stereocenters. The molecule has 8 heteroatoms. The smallest absolute Gasteiger partial charge is 0.262 e. The van der Waals surface area contributed by atoms with Gasteiger partial charge in [-0.15, -0.1) is 0 Å². The number of carbonyl (C=O) groups excluding carboxylic acids is 2. The van der Waals surface area contributed by atoms with Gasteiger partial charge in [-0.25, -0.2) is 4.39 Å². The summed E-state index contributed by atoms with van der Waals surface area (Å²) in [5.41, 5.74) is 2.00. The summed E-state index contributed by atoms with van der Waals surface area (Å²) in [5, 5.41) is 7.09. The van der Waals surface area contributed by atoms with Gasteiger partial charge in [-0.1, -0.05) is 42.5 Å². The lowest BCUT2D eigenvalue weighted by Crippen LogP contribution is -2.22. The van der Waals surface area contributed by atoms with Gasteiger partial charge >= 0.3 is 0 Å². The highest BCUT2D eigenvalue weighted by molar-refractivity contribution is 6.10. The maximum atomic E-state index is 13.8. The van der Waals surface area contributed by atoms with E-state index in [0.29, 0.717) is 17.0 Å². The van der Waals surface area contributed by atoms with E-state index < -0.39 is 24.2 Å². The second kappa shape index (κ2) is 9.79. The summed E-state index contributed by atoms with van der Waals surface area (Å²) in [6, 6.07) is 23.5. The zero-order valence-electron chi connectivity index (χ0n) is 19.2. The van der Waals surface area contributed by atoms with E-state index in [-0.39, 0.29) is 17.0 Å². The normalized spacial score (nSPS) is 10.8. The van der Waals surface area contributed by atoms with Gasteiger partial charge < -0.3 is 24.5 Å². The third-order valence-corrected chi connectivity index (χ3v) is 5.59. The van der Waals surface area contributed by atoms with E-state index in [0.717, 1.165) is 16.4 Å². The number of para-hydroxylation sites is 3. The summed E-state index contributed by atoms with van der Waals surface area (Å²) in [4.78, 5) is 25.4. The lowest BCUT2D eigenvalue weighted by atomic mass is 10.1. The van der Waals surface area contributed by atoms with E-state index >= 15 is 0 Å². The molecule has 4 aromatic carbocycles. The van der Waals surface area contributed by atoms with Crippen LogP contribution in [0.5, 0.6) is 11.5 Å². The highest BCUT2D eigenvalue weighted by atomic mass is 19.1. The number of fused-ring (bicyclic) bond motifs is 3. The van der Waals surface area contributed by atoms with E-state index in [9.17, 15) is 14.0 Å². The lowest BCUT2D eigenvalue weighted by molar-refractivity contribution is -0.118. The summed E-state index contributed by atoms with van der Waals surface area (Å²) in [7, 11) is 1.52. The van der Waals surface area contributed by atoms with Crippen molar-refractivity contribution in [3.05, 3.63) is 96.3 Å². The van der Waals surface area contributed by atoms with E-state index in [2.05, 4.69) is 10.6 Å². The van der Waals surface area contributed by atoms with E-state index in [1.165, 1.54) is 25.3 Å². The molecule has 0 radical (unpaired) electrons. The largest absolute Gasteiger partial charge is 0.495 e. The highest BCUT2D eigenvalue weighted by Gasteiger charge is 2.18. The molecular formula is C28H21FN2O5. The van der Waals surface area contributed by atoms with E-state index in [4.69, 9.17) is 13.9 Å². The van der Waals surface area contributed by atoms with Crippen molar-refractivity contribution in [3.63, 3.8) is 0 Å². The van der Waals surface area contributed by atoms with Crippen LogP contribution in [-0.4, -0.2) is 25.5 Å². The Kier molecular flexibility index (Phi) is 6.23. The molecule has 0 spiro atoms. The predicted molar refractivity (Wildman–Crippen MR) is 135 cm³/mol. The van der Waals surface area contributed by atoms with Crippen molar-refractivity contribution in [2.45, 2.75) is 0 Å². The Morgan fingerprint density at radius 1 is 0.806 bits per heavy atom. The zero-order chi connectivity index (χ0) is 25.1. The number of halogens is 1. The van der Waals surface area contributed by atoms with Crippen LogP contribution in [0.1, 0.15) is 10.4 Å². The number of benzene rings is 4. The van der Waals surface area contributed by atoms with E-state index in [1.54, 1.807) is 36.4 Å². The minimum Gasteiger partial charge on any atom is -0.495 e. The van der Waals surface area contributed by atoms with Gasteiger partial charge in [-0.3, -0.25) is 9.59 Å². The number of rotatable bonds is 7. The molecule has 0 aliphatic rings. The van der Waals surface area contributed by atoms with Crippen molar-refractivity contribution in [2.75, 3.05) is 24.4 Å². The highest BCUT2D eigenvalue weighted by Crippen LogP contribution is 2.36. The molecule has 0 unspecified atom stereocenters. The Hall–Kier alpha value is -4.85. The molecule has 0 saturated carbocycles. The van der Waals surface area contributed by atoms with Gasteiger partial charge in [-0.2, -0.15) is 0 Å². The molecule has 180 valence electrons. The van der Waals surface area contributed by atoms with Crippen LogP contribution < -0.4 is 20.1 Å². The molecule has 36 heavy (non-hydrogen) atoms. The molecule has 1 aromatic heterocycles. The SMILES string of the molecule is COc1cc2c(cc1NC(=O)c1ccccc1OCC(=O)Nc1ccccc1F)oc1ccccc12. The third-order valence-electron chi connectivity index (χ3n) is 5.59. The first-order chi connectivity index (χ1) is 17.5. The Morgan fingerprint density at radius 2 is 1.56 bits per heavy atom. The molecule has 2 N–H and O–H groups in total. The zero-order valence-corrected chi connectivity index (χ0v) is 19.2. The number of methoxy groups -OCH3 is 1. The molecule has 0 saturated heterocycles. The second-order valence-corrected chi connectivity index (χ2v) is 7.91. The lowest BCUT2D eigenvalue weighted by Gasteiger charge is -2.14. The summed E-state index contributed by atoms with van der Waals surface area (Å²) < 4.78 is 30.8. The monoisotopic (exact) mass is 484 g/mol. The molecule has 0 fully saturated rings. The van der Waals surface area contributed by atoms with Gasteiger partial charge in [0.2, 0.25) is 0 Å². The van der Waals surface area contributed by atoms with Crippen LogP contribution in [0, 0.1) is 5.82 Å². The summed E-state index contributed by atoms with van der Waals surface area (Å²) in [6.07, 6.45) is 0. The van der Waals surface area contributed by atoms with Crippen molar-refractivity contribution < 1.29 is 27.9 Å². The molecule has 5 rings (SSSR count). The minimum atomic E-state index is -0.563. The van der Waals surface area contributed by atoms with Crippen LogP contribution >= 0.6 is 0 Å². The fourth-order valence-electron chi connectivity index (χ4n) is 3.88. The molecule has 0 aliphatic carbocycles. The van der Waals surface area contributed by atoms with Gasteiger partial charge in [-0.05, 0) is 36.4 Å². The Morgan fingerprint density at radius 3 is 2.39 bits per heavy atom. The van der Waals surface area contributed by atoms with Crippen molar-refractivity contribution in [1.82, 2.24) is 0 Å². The molecule has 5 aromatic rings. The van der Waals surface area contributed by atoms with Gasteiger partial charge in [0.05, 0.1) is 24.0 Å². The van der Waals surface area contributed by atoms with Crippen molar-refractivity contribution in [1.29, 1.82) is 0 Å². The first kappa shape index (κ1) is 22.9. The minimum absolute atomic E-state index is 0.0465. The molecule has 2 amide bonds. The summed E-state index contributed by atoms with van der Waals surface area (Å²) >= 11 is 0. The van der Waals surface area contributed by atoms with Crippen molar-refractivity contribution in [3.8, 4) is 11.5 Å². The average Bonchev–Trinajstić information content (AvgIpc) is 3.25. The Bertz CT molecular complexity index is 1590. The van der Waals surface area contributed by atoms with Gasteiger partial charge in [0, 0.05) is 16.8 Å². The number of hydrogen-bond acceptors (Lipinski definition) is 5. The Labute approximate surface area is 205 Å². The summed E-state index contributed by atoms with van der Waals surface area (Å²) in [5.74, 6) is -0.922. The van der Waals surface area contributed by atoms with Crippen LogP contribution in [0.4, 0.5) is 15.8 Å². The fourth-order valence-corrected chi connectivity index (χ4v) is 3.88. The Balaban J connectivity index is 1.35. The number of hydrogen-bond donors (Lipinski definition) is 2.